The van der Waals surface area contributed by atoms with Crippen LogP contribution in [-0.2, 0) is 31.2 Å². The van der Waals surface area contributed by atoms with Crippen LogP contribution in [0, 0.1) is 22.7 Å². The lowest BCUT2D eigenvalue weighted by molar-refractivity contribution is -0.138. The van der Waals surface area contributed by atoms with E-state index in [0.29, 0.717) is 63.6 Å². The predicted octanol–water partition coefficient (Wildman–Crippen LogP) is 7.76. The molecule has 25 heteroatoms. The second-order valence-corrected chi connectivity index (χ2v) is 22.6. The van der Waals surface area contributed by atoms with E-state index in [4.69, 9.17) is 40.7 Å². The van der Waals surface area contributed by atoms with Gasteiger partial charge in [-0.25, -0.2) is 19.7 Å². The van der Waals surface area contributed by atoms with Gasteiger partial charge < -0.3 is 30.2 Å². The largest absolute Gasteiger partial charge is 0.493 e. The molecule has 0 radical (unpaired) electrons. The number of aliphatic imine (C=N–C) groups is 1. The van der Waals surface area contributed by atoms with Gasteiger partial charge in [-0.2, -0.15) is 34.9 Å². The normalized spacial score (nSPS) is 14.0. The first-order chi connectivity index (χ1) is 31.8. The highest BCUT2D eigenvalue weighted by molar-refractivity contribution is 8.15. The minimum atomic E-state index is -1.00. The van der Waals surface area contributed by atoms with Crippen LogP contribution in [0.25, 0.3) is 30.6 Å². The third-order valence-corrected chi connectivity index (χ3v) is 16.3. The molecule has 4 N–H and O–H groups in total. The number of thioether (sulfide) groups is 2. The molecule has 0 amide bonds. The van der Waals surface area contributed by atoms with E-state index >= 15 is 0 Å². The molecular formula is C42H48ClN7O9S8. The van der Waals surface area contributed by atoms with Crippen molar-refractivity contribution in [1.82, 2.24) is 15.0 Å². The van der Waals surface area contributed by atoms with Crippen LogP contribution in [0.15, 0.2) is 59.6 Å². The first-order valence-corrected chi connectivity index (χ1v) is 28.2. The minimum Gasteiger partial charge on any atom is -0.493 e. The number of nitrogens with two attached hydrogens (primary N) is 1. The second kappa shape index (κ2) is 30.4. The Morgan fingerprint density at radius 3 is 1.66 bits per heavy atom. The van der Waals surface area contributed by atoms with E-state index in [9.17, 15) is 18.0 Å². The number of carboxylic acids is 2. The number of carboxylic acid groups (broad SMARTS) is 2. The summed E-state index contributed by atoms with van der Waals surface area (Å²) in [5.41, 5.74) is 7.44. The maximum atomic E-state index is 11.4. The fourth-order valence-corrected chi connectivity index (χ4v) is 10.5. The first kappa shape index (κ1) is 57.2. The molecule has 0 bridgehead atoms. The molecule has 360 valence electrons. The number of ether oxygens (including phenoxy) is 3. The summed E-state index contributed by atoms with van der Waals surface area (Å²) in [4.78, 5) is 37.8. The fraction of sp³-hybridized carbons (Fsp3) is 0.381. The summed E-state index contributed by atoms with van der Waals surface area (Å²) >= 11 is 11.1. The van der Waals surface area contributed by atoms with Crippen molar-refractivity contribution in [2.75, 3.05) is 65.8 Å². The average Bonchev–Trinajstić information content (AvgIpc) is 4.15. The third kappa shape index (κ3) is 19.1. The molecule has 7 rings (SSSR count). The number of nitrogens with zero attached hydrogens (tertiary/aromatic N) is 6. The zero-order valence-electron chi connectivity index (χ0n) is 36.4. The van der Waals surface area contributed by atoms with Gasteiger partial charge in [0.05, 0.1) is 62.0 Å². The van der Waals surface area contributed by atoms with E-state index in [1.807, 2.05) is 86.3 Å². The Balaban J connectivity index is 0.000000251. The Labute approximate surface area is 424 Å². The monoisotopic (exact) mass is 1090 g/mol. The lowest BCUT2D eigenvalue weighted by Gasteiger charge is -2.05. The average molecular weight is 1090 g/mol. The second-order valence-electron chi connectivity index (χ2n) is 13.0. The van der Waals surface area contributed by atoms with Crippen molar-refractivity contribution in [3.8, 4) is 29.4 Å². The predicted molar refractivity (Wildman–Crippen MR) is 282 cm³/mol. The highest BCUT2D eigenvalue weighted by Gasteiger charge is 2.27. The summed E-state index contributed by atoms with van der Waals surface area (Å²) in [6.07, 6.45) is 0. The van der Waals surface area contributed by atoms with Crippen molar-refractivity contribution in [2.45, 2.75) is 32.9 Å². The van der Waals surface area contributed by atoms with Gasteiger partial charge >= 0.3 is 11.9 Å². The number of thiazole rings is 3. The standard InChI is InChI=1S/C15H16N2O4S3.C12H12N2O2S2.C12H12N2OS2.C3H7NO2S.ClH/c1-2-24(20)6-5-21-9-3-4-10-12(7-9)23-14(16-10)13-17-11(8-22-13)15(18)19;1-2-18(15)6-5-16-9-3-4-10-11(7-9)17-12(8-13)14-10;1-2-16-6-5-15-9-3-4-10-11(7-9)17-12(8-13)14-10;4-2(1-7)3(5)6;/h3-4,7,11H,2,5-6,8H2,1H3,(H,18,19);3-4,7H,2,5-6H2,1H3;3-4,7H,2,5-6H2,1H3;2,7H,1,4H2,(H,5,6);1H/t11-,24?;;;2-;/m1..1./s1. The van der Waals surface area contributed by atoms with E-state index in [2.05, 4.69) is 45.6 Å². The van der Waals surface area contributed by atoms with E-state index in [0.717, 1.165) is 64.4 Å². The molecule has 16 nitrogen and oxygen atoms in total. The van der Waals surface area contributed by atoms with Crippen LogP contribution in [0.1, 0.15) is 35.8 Å². The molecular weight excluding hydrogens is 1040 g/mol. The number of fused-ring (bicyclic) bond motifs is 3. The summed E-state index contributed by atoms with van der Waals surface area (Å²) in [6.45, 7) is 7.49. The Bertz CT molecular complexity index is 2720. The molecule has 6 aromatic rings. The Hall–Kier alpha value is -4.08. The number of hydrogen-bond acceptors (Lipinski definition) is 20. The number of carbonyl (C=O) groups is 2. The van der Waals surface area contributed by atoms with Crippen molar-refractivity contribution < 1.29 is 42.4 Å². The van der Waals surface area contributed by atoms with Crippen molar-refractivity contribution in [3.63, 3.8) is 0 Å². The number of aromatic nitrogens is 3. The van der Waals surface area contributed by atoms with E-state index in [1.54, 1.807) is 0 Å². The lowest BCUT2D eigenvalue weighted by Crippen LogP contribution is -2.31. The zero-order valence-corrected chi connectivity index (χ0v) is 43.8. The maximum absolute atomic E-state index is 11.4. The molecule has 2 unspecified atom stereocenters. The lowest BCUT2D eigenvalue weighted by atomic mass is 10.3. The summed E-state index contributed by atoms with van der Waals surface area (Å²) in [5, 5.41) is 36.9. The number of rotatable bonds is 19. The first-order valence-electron chi connectivity index (χ1n) is 20.0. The summed E-state index contributed by atoms with van der Waals surface area (Å²) in [6, 6.07) is 19.5. The molecule has 0 saturated heterocycles. The van der Waals surface area contributed by atoms with Gasteiger partial charge in [-0.3, -0.25) is 18.2 Å². The fourth-order valence-electron chi connectivity index (χ4n) is 5.02. The Kier molecular flexibility index (Phi) is 26.0. The quantitative estimate of drug-likeness (QED) is 0.0446. The van der Waals surface area contributed by atoms with Crippen LogP contribution >= 0.6 is 82.6 Å². The van der Waals surface area contributed by atoms with Gasteiger partial charge in [-0.1, -0.05) is 20.8 Å². The molecule has 67 heavy (non-hydrogen) atoms. The number of nitriles is 2. The summed E-state index contributed by atoms with van der Waals surface area (Å²) in [7, 11) is -1.64. The van der Waals surface area contributed by atoms with Gasteiger partial charge in [0.25, 0.3) is 0 Å². The molecule has 4 heterocycles. The SMILES string of the molecule is CCS(=O)CCOc1ccc2nc(C#N)sc2c1.CCS(=O)CCOc1ccc2nc(C3=N[C@@H](C(=O)O)CS3)sc2c1.CCSCCOc1ccc2nc(C#N)sc2c1.Cl.N[C@H](CS)C(=O)O. The van der Waals surface area contributed by atoms with E-state index in [1.165, 1.54) is 45.8 Å². The van der Waals surface area contributed by atoms with Gasteiger partial charge in [-0.05, 0) is 60.4 Å². The number of halogens is 1. The molecule has 3 aromatic carbocycles. The Morgan fingerprint density at radius 1 is 0.806 bits per heavy atom. The molecule has 0 aliphatic carbocycles. The van der Waals surface area contributed by atoms with Crippen LogP contribution in [0.3, 0.4) is 0 Å². The van der Waals surface area contributed by atoms with Gasteiger partial charge in [0.15, 0.2) is 16.1 Å². The number of aliphatic carboxylic acids is 2. The van der Waals surface area contributed by atoms with Crippen LogP contribution in [0.2, 0.25) is 0 Å². The minimum absolute atomic E-state index is 0. The van der Waals surface area contributed by atoms with Crippen LogP contribution in [0.5, 0.6) is 17.2 Å². The highest BCUT2D eigenvalue weighted by Crippen LogP contribution is 2.32. The van der Waals surface area contributed by atoms with Gasteiger partial charge in [0.1, 0.15) is 45.5 Å². The Morgan fingerprint density at radius 2 is 1.27 bits per heavy atom. The van der Waals surface area contributed by atoms with Gasteiger partial charge in [-0.15, -0.1) is 58.2 Å². The van der Waals surface area contributed by atoms with Crippen LogP contribution in [0.4, 0.5) is 0 Å². The van der Waals surface area contributed by atoms with Gasteiger partial charge in [0, 0.05) is 50.4 Å². The summed E-state index contributed by atoms with van der Waals surface area (Å²) in [5.74, 6) is 5.49. The maximum Gasteiger partial charge on any atom is 0.329 e. The molecule has 1 aliphatic rings. The smallest absolute Gasteiger partial charge is 0.329 e. The number of benzene rings is 3. The van der Waals surface area contributed by atoms with Crippen molar-refractivity contribution >= 4 is 152 Å². The topological polar surface area (TPSA) is 261 Å². The van der Waals surface area contributed by atoms with Crippen LogP contribution in [-0.4, -0.2) is 128 Å². The summed E-state index contributed by atoms with van der Waals surface area (Å²) < 4.78 is 42.4. The molecule has 1 aliphatic heterocycles. The highest BCUT2D eigenvalue weighted by atomic mass is 35.5. The molecule has 0 saturated carbocycles. The molecule has 0 fully saturated rings. The molecule has 0 spiro atoms. The van der Waals surface area contributed by atoms with Crippen molar-refractivity contribution in [2.24, 2.45) is 10.7 Å². The van der Waals surface area contributed by atoms with Crippen molar-refractivity contribution in [3.05, 3.63) is 69.6 Å². The number of thiol groups is 1. The molecule has 4 atom stereocenters. The third-order valence-electron chi connectivity index (χ3n) is 8.41. The van der Waals surface area contributed by atoms with E-state index < -0.39 is 45.6 Å². The van der Waals surface area contributed by atoms with Crippen molar-refractivity contribution in [1.29, 1.82) is 10.5 Å². The molecule has 3 aromatic heterocycles. The zero-order chi connectivity index (χ0) is 48.0. The van der Waals surface area contributed by atoms with E-state index in [-0.39, 0.29) is 18.2 Å². The van der Waals surface area contributed by atoms with Gasteiger partial charge in [0.2, 0.25) is 0 Å². The number of hydrogen-bond donors (Lipinski definition) is 4. The van der Waals surface area contributed by atoms with Crippen LogP contribution < -0.4 is 19.9 Å².